The average Bonchev–Trinajstić information content (AvgIpc) is 2.91. The summed E-state index contributed by atoms with van der Waals surface area (Å²) in [7, 11) is 0. The molecule has 4 nitrogen and oxygen atoms in total. The molecule has 1 saturated heterocycles. The number of hydrogen-bond donors (Lipinski definition) is 1. The molecule has 4 heteroatoms. The van der Waals surface area contributed by atoms with Crippen LogP contribution in [0.1, 0.15) is 30.4 Å². The first-order valence-corrected chi connectivity index (χ1v) is 9.50. The lowest BCUT2D eigenvalue weighted by molar-refractivity contribution is 0.136. The third-order valence-electron chi connectivity index (χ3n) is 4.85. The van der Waals surface area contributed by atoms with Crippen LogP contribution < -0.4 is 5.32 Å². The van der Waals surface area contributed by atoms with Gasteiger partial charge in [-0.05, 0) is 36.4 Å². The standard InChI is InChI=1S/C22H28N2O2/c25-22(26-18-20-11-5-2-6-12-20)23-15-21-13-7-8-14-24(17-21)16-19-9-3-1-4-10-19/h1-6,9-12,21H,7-8,13-18H2,(H,23,25). The summed E-state index contributed by atoms with van der Waals surface area (Å²) >= 11 is 0. The van der Waals surface area contributed by atoms with Gasteiger partial charge in [0.05, 0.1) is 0 Å². The molecule has 0 aromatic heterocycles. The number of rotatable bonds is 6. The van der Waals surface area contributed by atoms with E-state index in [1.165, 1.54) is 18.4 Å². The second kappa shape index (κ2) is 9.97. The van der Waals surface area contributed by atoms with Crippen molar-refractivity contribution in [2.24, 2.45) is 5.92 Å². The van der Waals surface area contributed by atoms with Gasteiger partial charge in [-0.1, -0.05) is 67.1 Å². The van der Waals surface area contributed by atoms with Crippen LogP contribution in [0.15, 0.2) is 60.7 Å². The number of carbonyl (C=O) groups excluding carboxylic acids is 1. The lowest BCUT2D eigenvalue weighted by Crippen LogP contribution is -2.35. The first-order chi connectivity index (χ1) is 12.8. The van der Waals surface area contributed by atoms with Crippen LogP contribution in [0.3, 0.4) is 0 Å². The second-order valence-electron chi connectivity index (χ2n) is 7.03. The molecule has 1 N–H and O–H groups in total. The van der Waals surface area contributed by atoms with E-state index in [4.69, 9.17) is 4.74 Å². The Morgan fingerprint density at radius 2 is 1.69 bits per heavy atom. The Morgan fingerprint density at radius 3 is 2.42 bits per heavy atom. The molecule has 1 fully saturated rings. The summed E-state index contributed by atoms with van der Waals surface area (Å²) < 4.78 is 5.31. The highest BCUT2D eigenvalue weighted by Crippen LogP contribution is 2.18. The van der Waals surface area contributed by atoms with Crippen molar-refractivity contribution in [2.75, 3.05) is 19.6 Å². The highest BCUT2D eigenvalue weighted by molar-refractivity contribution is 5.67. The van der Waals surface area contributed by atoms with E-state index in [1.54, 1.807) is 0 Å². The Labute approximate surface area is 156 Å². The molecule has 138 valence electrons. The predicted octanol–water partition coefficient (Wildman–Crippen LogP) is 4.22. The topological polar surface area (TPSA) is 41.6 Å². The summed E-state index contributed by atoms with van der Waals surface area (Å²) in [6.07, 6.45) is 3.27. The zero-order valence-electron chi connectivity index (χ0n) is 15.3. The lowest BCUT2D eigenvalue weighted by Gasteiger charge is -2.24. The third-order valence-corrected chi connectivity index (χ3v) is 4.85. The third kappa shape index (κ3) is 6.19. The fourth-order valence-electron chi connectivity index (χ4n) is 3.47. The van der Waals surface area contributed by atoms with Gasteiger partial charge in [0, 0.05) is 19.6 Å². The van der Waals surface area contributed by atoms with Crippen molar-refractivity contribution in [1.29, 1.82) is 0 Å². The SMILES string of the molecule is O=C(NCC1CCCCN(Cc2ccccc2)C1)OCc1ccccc1. The van der Waals surface area contributed by atoms with Gasteiger partial charge in [-0.25, -0.2) is 4.79 Å². The fourth-order valence-corrected chi connectivity index (χ4v) is 3.47. The van der Waals surface area contributed by atoms with Crippen LogP contribution in [0, 0.1) is 5.92 Å². The van der Waals surface area contributed by atoms with Gasteiger partial charge in [0.2, 0.25) is 0 Å². The maximum Gasteiger partial charge on any atom is 0.407 e. The zero-order valence-corrected chi connectivity index (χ0v) is 15.3. The molecule has 1 unspecified atom stereocenters. The van der Waals surface area contributed by atoms with Crippen molar-refractivity contribution >= 4 is 6.09 Å². The number of nitrogens with zero attached hydrogens (tertiary/aromatic N) is 1. The van der Waals surface area contributed by atoms with Crippen LogP contribution in [0.2, 0.25) is 0 Å². The number of alkyl carbamates (subject to hydrolysis) is 1. The Bertz CT molecular complexity index is 660. The number of nitrogens with one attached hydrogen (secondary N) is 1. The van der Waals surface area contributed by atoms with Crippen LogP contribution in [0.5, 0.6) is 0 Å². The van der Waals surface area contributed by atoms with Crippen LogP contribution in [0.25, 0.3) is 0 Å². The van der Waals surface area contributed by atoms with Crippen molar-refractivity contribution in [1.82, 2.24) is 10.2 Å². The summed E-state index contributed by atoms with van der Waals surface area (Å²) in [5.74, 6) is 0.477. The molecular weight excluding hydrogens is 324 g/mol. The van der Waals surface area contributed by atoms with E-state index in [0.29, 0.717) is 19.1 Å². The number of carbonyl (C=O) groups is 1. The van der Waals surface area contributed by atoms with Gasteiger partial charge in [0.15, 0.2) is 0 Å². The highest BCUT2D eigenvalue weighted by atomic mass is 16.5. The Morgan fingerprint density at radius 1 is 1.00 bits per heavy atom. The molecule has 26 heavy (non-hydrogen) atoms. The van der Waals surface area contributed by atoms with Gasteiger partial charge in [0.25, 0.3) is 0 Å². The minimum Gasteiger partial charge on any atom is -0.445 e. The molecule has 0 aliphatic carbocycles. The summed E-state index contributed by atoms with van der Waals surface area (Å²) in [6.45, 7) is 4.13. The van der Waals surface area contributed by atoms with Gasteiger partial charge in [-0.2, -0.15) is 0 Å². The molecule has 0 spiro atoms. The molecule has 0 radical (unpaired) electrons. The van der Waals surface area contributed by atoms with Gasteiger partial charge in [-0.15, -0.1) is 0 Å². The van der Waals surface area contributed by atoms with E-state index >= 15 is 0 Å². The van der Waals surface area contributed by atoms with Gasteiger partial charge in [0.1, 0.15) is 6.61 Å². The first-order valence-electron chi connectivity index (χ1n) is 9.50. The van der Waals surface area contributed by atoms with E-state index in [2.05, 4.69) is 40.5 Å². The van der Waals surface area contributed by atoms with Crippen molar-refractivity contribution in [3.05, 3.63) is 71.8 Å². The fraction of sp³-hybridized carbons (Fsp3) is 0.409. The number of likely N-dealkylation sites (tertiary alicyclic amines) is 1. The zero-order chi connectivity index (χ0) is 18.0. The number of benzene rings is 2. The molecule has 1 atom stereocenters. The molecule has 1 heterocycles. The van der Waals surface area contributed by atoms with E-state index < -0.39 is 0 Å². The Kier molecular flexibility index (Phi) is 7.08. The molecule has 0 bridgehead atoms. The quantitative estimate of drug-likeness (QED) is 0.846. The van der Waals surface area contributed by atoms with Crippen LogP contribution in [-0.4, -0.2) is 30.6 Å². The van der Waals surface area contributed by atoms with Crippen LogP contribution in [0.4, 0.5) is 4.79 Å². The molecule has 1 aliphatic heterocycles. The molecule has 2 aromatic carbocycles. The molecule has 3 rings (SSSR count). The Hall–Kier alpha value is -2.33. The van der Waals surface area contributed by atoms with Gasteiger partial charge < -0.3 is 10.1 Å². The van der Waals surface area contributed by atoms with Gasteiger partial charge in [-0.3, -0.25) is 4.90 Å². The monoisotopic (exact) mass is 352 g/mol. The van der Waals surface area contributed by atoms with E-state index in [9.17, 15) is 4.79 Å². The minimum absolute atomic E-state index is 0.317. The lowest BCUT2D eigenvalue weighted by atomic mass is 10.0. The highest BCUT2D eigenvalue weighted by Gasteiger charge is 2.19. The van der Waals surface area contributed by atoms with Crippen molar-refractivity contribution < 1.29 is 9.53 Å². The maximum atomic E-state index is 12.0. The second-order valence-corrected chi connectivity index (χ2v) is 7.03. The van der Waals surface area contributed by atoms with E-state index in [-0.39, 0.29) is 6.09 Å². The van der Waals surface area contributed by atoms with E-state index in [1.807, 2.05) is 30.3 Å². The average molecular weight is 352 g/mol. The van der Waals surface area contributed by atoms with Gasteiger partial charge >= 0.3 is 6.09 Å². The molecule has 0 saturated carbocycles. The minimum atomic E-state index is -0.326. The summed E-state index contributed by atoms with van der Waals surface area (Å²) in [5.41, 5.74) is 2.36. The van der Waals surface area contributed by atoms with Crippen molar-refractivity contribution in [2.45, 2.75) is 32.4 Å². The first kappa shape index (κ1) is 18.5. The molecule has 2 aromatic rings. The van der Waals surface area contributed by atoms with Crippen molar-refractivity contribution in [3.8, 4) is 0 Å². The van der Waals surface area contributed by atoms with Crippen LogP contribution in [-0.2, 0) is 17.9 Å². The van der Waals surface area contributed by atoms with Crippen molar-refractivity contribution in [3.63, 3.8) is 0 Å². The summed E-state index contributed by atoms with van der Waals surface area (Å²) in [4.78, 5) is 14.5. The number of ether oxygens (including phenoxy) is 1. The number of amides is 1. The van der Waals surface area contributed by atoms with Crippen LogP contribution >= 0.6 is 0 Å². The molecule has 1 amide bonds. The smallest absolute Gasteiger partial charge is 0.407 e. The largest absolute Gasteiger partial charge is 0.445 e. The summed E-state index contributed by atoms with van der Waals surface area (Å²) in [5, 5.41) is 2.95. The normalized spacial score (nSPS) is 18.1. The Balaban J connectivity index is 1.42. The summed E-state index contributed by atoms with van der Waals surface area (Å²) in [6, 6.07) is 20.4. The van der Waals surface area contributed by atoms with E-state index in [0.717, 1.165) is 31.6 Å². The predicted molar refractivity (Wildman–Crippen MR) is 104 cm³/mol. The molecule has 1 aliphatic rings. The maximum absolute atomic E-state index is 12.0. The molecular formula is C22H28N2O2. The number of hydrogen-bond acceptors (Lipinski definition) is 3.